The molecule has 0 aliphatic carbocycles. The van der Waals surface area contributed by atoms with E-state index in [1.165, 1.54) is 6.08 Å². The number of carbonyl (C=O) groups is 1. The van der Waals surface area contributed by atoms with Gasteiger partial charge >= 0.3 is 0 Å². The van der Waals surface area contributed by atoms with Crippen molar-refractivity contribution in [3.05, 3.63) is 89.6 Å². The van der Waals surface area contributed by atoms with Gasteiger partial charge in [0, 0.05) is 17.8 Å². The lowest BCUT2D eigenvalue weighted by Crippen LogP contribution is -2.13. The summed E-state index contributed by atoms with van der Waals surface area (Å²) in [5.41, 5.74) is 3.63. The number of rotatable bonds is 5. The quantitative estimate of drug-likeness (QED) is 0.537. The minimum atomic E-state index is -0.241. The van der Waals surface area contributed by atoms with Crippen LogP contribution >= 0.6 is 0 Å². The summed E-state index contributed by atoms with van der Waals surface area (Å²) in [4.78, 5) is 16.8. The number of anilines is 1. The lowest BCUT2D eigenvalue weighted by atomic mass is 9.86. The van der Waals surface area contributed by atoms with Gasteiger partial charge < -0.3 is 10.1 Å². The number of amides is 1. The summed E-state index contributed by atoms with van der Waals surface area (Å²) in [5, 5.41) is 2.87. The summed E-state index contributed by atoms with van der Waals surface area (Å²) >= 11 is 0. The Hall–Kier alpha value is -3.40. The zero-order valence-corrected chi connectivity index (χ0v) is 17.3. The van der Waals surface area contributed by atoms with Crippen molar-refractivity contribution in [3.63, 3.8) is 0 Å². The van der Waals surface area contributed by atoms with Crippen molar-refractivity contribution < 1.29 is 9.53 Å². The molecule has 0 unspecified atom stereocenters. The van der Waals surface area contributed by atoms with Crippen LogP contribution in [0.1, 0.15) is 37.5 Å². The van der Waals surface area contributed by atoms with Crippen molar-refractivity contribution >= 4 is 17.7 Å². The molecule has 3 rings (SSSR count). The average molecular weight is 386 g/mol. The van der Waals surface area contributed by atoms with Crippen LogP contribution in [0.5, 0.6) is 11.6 Å². The molecule has 1 heterocycles. The van der Waals surface area contributed by atoms with E-state index in [1.54, 1.807) is 24.4 Å². The van der Waals surface area contributed by atoms with Crippen molar-refractivity contribution in [2.45, 2.75) is 33.1 Å². The highest BCUT2D eigenvalue weighted by Crippen LogP contribution is 2.35. The number of para-hydroxylation sites is 1. The molecule has 2 aromatic carbocycles. The van der Waals surface area contributed by atoms with Crippen LogP contribution in [0, 0.1) is 6.92 Å². The number of pyridine rings is 1. The summed E-state index contributed by atoms with van der Waals surface area (Å²) < 4.78 is 6.10. The third kappa shape index (κ3) is 5.32. The minimum Gasteiger partial charge on any atom is -0.437 e. The first-order valence-corrected chi connectivity index (χ1v) is 9.61. The number of aromatic nitrogens is 1. The Morgan fingerprint density at radius 1 is 1.00 bits per heavy atom. The molecule has 1 aromatic heterocycles. The van der Waals surface area contributed by atoms with E-state index >= 15 is 0 Å². The summed E-state index contributed by atoms with van der Waals surface area (Å²) in [6.07, 6.45) is 4.96. The lowest BCUT2D eigenvalue weighted by molar-refractivity contribution is -0.111. The molecule has 0 fully saturated rings. The van der Waals surface area contributed by atoms with Crippen LogP contribution < -0.4 is 10.1 Å². The summed E-state index contributed by atoms with van der Waals surface area (Å²) in [5.74, 6) is 0.849. The van der Waals surface area contributed by atoms with E-state index in [0.717, 1.165) is 22.4 Å². The normalized spacial score (nSPS) is 11.4. The molecule has 0 radical (unpaired) electrons. The fourth-order valence-electron chi connectivity index (χ4n) is 2.96. The molecule has 4 heteroatoms. The van der Waals surface area contributed by atoms with Crippen molar-refractivity contribution in [1.82, 2.24) is 4.98 Å². The fourth-order valence-corrected chi connectivity index (χ4v) is 2.96. The van der Waals surface area contributed by atoms with Gasteiger partial charge in [0.05, 0.1) is 0 Å². The van der Waals surface area contributed by atoms with E-state index in [-0.39, 0.29) is 11.3 Å². The molecule has 0 aliphatic heterocycles. The van der Waals surface area contributed by atoms with Gasteiger partial charge in [0.2, 0.25) is 11.8 Å². The second kappa shape index (κ2) is 8.74. The molecule has 0 aliphatic rings. The van der Waals surface area contributed by atoms with E-state index in [9.17, 15) is 4.79 Å². The van der Waals surface area contributed by atoms with E-state index < -0.39 is 0 Å². The van der Waals surface area contributed by atoms with Crippen molar-refractivity contribution in [2.24, 2.45) is 0 Å². The first-order chi connectivity index (χ1) is 13.8. The highest BCUT2D eigenvalue weighted by atomic mass is 16.5. The van der Waals surface area contributed by atoms with E-state index in [0.29, 0.717) is 11.6 Å². The topological polar surface area (TPSA) is 51.2 Å². The van der Waals surface area contributed by atoms with Crippen molar-refractivity contribution in [3.8, 4) is 11.6 Å². The molecular formula is C25H26N2O2. The third-order valence-corrected chi connectivity index (χ3v) is 4.53. The molecule has 4 nitrogen and oxygen atoms in total. The maximum Gasteiger partial charge on any atom is 0.248 e. The van der Waals surface area contributed by atoms with Gasteiger partial charge in [0.1, 0.15) is 11.4 Å². The number of nitrogens with one attached hydrogen (secondary N) is 1. The molecule has 29 heavy (non-hydrogen) atoms. The predicted octanol–water partition coefficient (Wildman–Crippen LogP) is 6.13. The van der Waals surface area contributed by atoms with E-state index in [1.807, 2.05) is 55.5 Å². The van der Waals surface area contributed by atoms with Gasteiger partial charge in [-0.05, 0) is 47.7 Å². The molecule has 3 aromatic rings. The number of hydrogen-bond donors (Lipinski definition) is 1. The van der Waals surface area contributed by atoms with Gasteiger partial charge in [0.25, 0.3) is 0 Å². The Balaban J connectivity index is 1.80. The minimum absolute atomic E-state index is 0.0783. The van der Waals surface area contributed by atoms with E-state index in [4.69, 9.17) is 4.74 Å². The second-order valence-electron chi connectivity index (χ2n) is 7.88. The Morgan fingerprint density at radius 2 is 1.72 bits per heavy atom. The maximum atomic E-state index is 12.4. The Labute approximate surface area is 172 Å². The van der Waals surface area contributed by atoms with Crippen LogP contribution in [0.15, 0.2) is 72.9 Å². The largest absolute Gasteiger partial charge is 0.437 e. The third-order valence-electron chi connectivity index (χ3n) is 4.53. The Bertz CT molecular complexity index is 1030. The number of aryl methyl sites for hydroxylation is 1. The molecule has 1 amide bonds. The average Bonchev–Trinajstić information content (AvgIpc) is 2.68. The highest BCUT2D eigenvalue weighted by molar-refractivity contribution is 6.02. The van der Waals surface area contributed by atoms with Gasteiger partial charge in [-0.15, -0.1) is 0 Å². The second-order valence-corrected chi connectivity index (χ2v) is 7.88. The fraction of sp³-hybridized carbons (Fsp3) is 0.200. The maximum absolute atomic E-state index is 12.4. The molecule has 0 saturated carbocycles. The van der Waals surface area contributed by atoms with Crippen LogP contribution in [0.2, 0.25) is 0 Å². The SMILES string of the molecule is Cc1ccccc1C=CC(=O)Nc1cccnc1Oc1ccccc1C(C)(C)C. The Kier molecular flexibility index (Phi) is 6.13. The zero-order chi connectivity index (χ0) is 20.9. The molecule has 0 atom stereocenters. The number of carbonyl (C=O) groups excluding carboxylic acids is 1. The number of hydrogen-bond acceptors (Lipinski definition) is 3. The van der Waals surface area contributed by atoms with Gasteiger partial charge in [-0.1, -0.05) is 63.2 Å². The number of nitrogens with zero attached hydrogens (tertiary/aromatic N) is 1. The lowest BCUT2D eigenvalue weighted by Gasteiger charge is -2.22. The summed E-state index contributed by atoms with van der Waals surface area (Å²) in [6, 6.07) is 19.3. The van der Waals surface area contributed by atoms with Gasteiger partial charge in [-0.2, -0.15) is 0 Å². The van der Waals surface area contributed by atoms with Gasteiger partial charge in [-0.3, -0.25) is 4.79 Å². The monoisotopic (exact) mass is 386 g/mol. The van der Waals surface area contributed by atoms with Crippen LogP contribution in [0.3, 0.4) is 0 Å². The van der Waals surface area contributed by atoms with Crippen molar-refractivity contribution in [1.29, 1.82) is 0 Å². The van der Waals surface area contributed by atoms with Gasteiger partial charge in [0.15, 0.2) is 0 Å². The first kappa shape index (κ1) is 20.3. The summed E-state index contributed by atoms with van der Waals surface area (Å²) in [7, 11) is 0. The van der Waals surface area contributed by atoms with Crippen LogP contribution in [0.25, 0.3) is 6.08 Å². The van der Waals surface area contributed by atoms with Crippen LogP contribution in [0.4, 0.5) is 5.69 Å². The van der Waals surface area contributed by atoms with Crippen LogP contribution in [-0.4, -0.2) is 10.9 Å². The molecule has 0 spiro atoms. The molecule has 0 bridgehead atoms. The van der Waals surface area contributed by atoms with Crippen LogP contribution in [-0.2, 0) is 10.2 Å². The summed E-state index contributed by atoms with van der Waals surface area (Å²) in [6.45, 7) is 8.41. The van der Waals surface area contributed by atoms with Gasteiger partial charge in [-0.25, -0.2) is 4.98 Å². The molecular weight excluding hydrogens is 360 g/mol. The molecule has 0 saturated heterocycles. The highest BCUT2D eigenvalue weighted by Gasteiger charge is 2.20. The number of benzene rings is 2. The zero-order valence-electron chi connectivity index (χ0n) is 17.3. The molecule has 148 valence electrons. The van der Waals surface area contributed by atoms with E-state index in [2.05, 4.69) is 31.1 Å². The number of ether oxygens (including phenoxy) is 1. The van der Waals surface area contributed by atoms with Crippen molar-refractivity contribution in [2.75, 3.05) is 5.32 Å². The standard InChI is InChI=1S/C25H26N2O2/c1-18-10-5-6-11-19(18)15-16-23(28)27-21-13-9-17-26-24(21)29-22-14-8-7-12-20(22)25(2,3)4/h5-17H,1-4H3,(H,27,28). The predicted molar refractivity (Wildman–Crippen MR) is 118 cm³/mol. The molecule has 1 N–H and O–H groups in total. The smallest absolute Gasteiger partial charge is 0.248 e. The Morgan fingerprint density at radius 3 is 2.48 bits per heavy atom. The first-order valence-electron chi connectivity index (χ1n) is 9.61.